The van der Waals surface area contributed by atoms with Crippen LogP contribution < -0.4 is 5.06 Å². The Kier molecular flexibility index (Phi) is 2.71. The highest BCUT2D eigenvalue weighted by Crippen LogP contribution is 2.25. The topological polar surface area (TPSA) is 23.5 Å². The molecule has 1 aromatic rings. The van der Waals surface area contributed by atoms with Gasteiger partial charge < -0.3 is 0 Å². The second kappa shape index (κ2) is 3.59. The van der Waals surface area contributed by atoms with E-state index < -0.39 is 0 Å². The van der Waals surface area contributed by atoms with Crippen LogP contribution in [0.2, 0.25) is 0 Å². The maximum Gasteiger partial charge on any atom is 0.0665 e. The second-order valence-electron chi connectivity index (χ2n) is 3.24. The smallest absolute Gasteiger partial charge is 0.0665 e. The van der Waals surface area contributed by atoms with Gasteiger partial charge in [-0.25, -0.2) is 0 Å². The minimum Gasteiger partial charge on any atom is -0.289 e. The quantitative estimate of drug-likeness (QED) is 0.681. The van der Waals surface area contributed by atoms with Crippen molar-refractivity contribution >= 4 is 5.69 Å². The third-order valence-corrected chi connectivity index (χ3v) is 1.91. The highest BCUT2D eigenvalue weighted by atomic mass is 16.5. The number of benzene rings is 1. The van der Waals surface area contributed by atoms with Gasteiger partial charge in [-0.2, -0.15) is 0 Å². The molecule has 0 saturated carbocycles. The van der Waals surface area contributed by atoms with Crippen LogP contribution >= 0.6 is 0 Å². The zero-order valence-corrected chi connectivity index (χ0v) is 7.78. The summed E-state index contributed by atoms with van der Waals surface area (Å²) in [6, 6.07) is 7.86. The minimum absolute atomic E-state index is 0.441. The standard InChI is InChI=1S/C10H15NO/c1-8(2)9-6-4-5-7-10(9)11(3)12/h4-8,12H,1-3H3. The van der Waals surface area contributed by atoms with E-state index in [4.69, 9.17) is 0 Å². The van der Waals surface area contributed by atoms with E-state index in [1.54, 1.807) is 7.05 Å². The molecule has 0 saturated heterocycles. The normalized spacial score (nSPS) is 10.4. The van der Waals surface area contributed by atoms with Gasteiger partial charge in [0, 0.05) is 7.05 Å². The molecule has 1 aromatic carbocycles. The van der Waals surface area contributed by atoms with Crippen molar-refractivity contribution in [3.8, 4) is 0 Å². The highest BCUT2D eigenvalue weighted by molar-refractivity contribution is 5.52. The molecule has 0 fully saturated rings. The van der Waals surface area contributed by atoms with Crippen LogP contribution in [0.1, 0.15) is 25.3 Å². The fraction of sp³-hybridized carbons (Fsp3) is 0.400. The predicted molar refractivity (Wildman–Crippen MR) is 50.7 cm³/mol. The summed E-state index contributed by atoms with van der Waals surface area (Å²) in [4.78, 5) is 0. The van der Waals surface area contributed by atoms with Gasteiger partial charge >= 0.3 is 0 Å². The van der Waals surface area contributed by atoms with Gasteiger partial charge in [-0.1, -0.05) is 32.0 Å². The van der Waals surface area contributed by atoms with E-state index in [9.17, 15) is 5.21 Å². The first-order valence-corrected chi connectivity index (χ1v) is 4.14. The van der Waals surface area contributed by atoms with Crippen LogP contribution in [0.3, 0.4) is 0 Å². The van der Waals surface area contributed by atoms with Gasteiger partial charge in [0.15, 0.2) is 0 Å². The fourth-order valence-corrected chi connectivity index (χ4v) is 1.27. The Hall–Kier alpha value is -1.02. The molecule has 0 amide bonds. The first-order valence-electron chi connectivity index (χ1n) is 4.14. The number of para-hydroxylation sites is 1. The summed E-state index contributed by atoms with van der Waals surface area (Å²) in [5, 5.41) is 10.4. The van der Waals surface area contributed by atoms with E-state index in [-0.39, 0.29) is 0 Å². The van der Waals surface area contributed by atoms with Crippen molar-refractivity contribution in [2.24, 2.45) is 0 Å². The molecule has 0 unspecified atom stereocenters. The molecule has 0 spiro atoms. The van der Waals surface area contributed by atoms with E-state index in [0.717, 1.165) is 10.8 Å². The number of rotatable bonds is 2. The van der Waals surface area contributed by atoms with Crippen molar-refractivity contribution < 1.29 is 5.21 Å². The van der Waals surface area contributed by atoms with E-state index >= 15 is 0 Å². The van der Waals surface area contributed by atoms with Gasteiger partial charge in [-0.15, -0.1) is 0 Å². The van der Waals surface area contributed by atoms with Gasteiger partial charge in [0.1, 0.15) is 0 Å². The molecule has 2 heteroatoms. The first kappa shape index (κ1) is 9.07. The van der Waals surface area contributed by atoms with Crippen molar-refractivity contribution in [1.29, 1.82) is 0 Å². The van der Waals surface area contributed by atoms with Crippen LogP contribution in [0, 0.1) is 0 Å². The van der Waals surface area contributed by atoms with Crippen molar-refractivity contribution in [3.05, 3.63) is 29.8 Å². The number of hydrogen-bond donors (Lipinski definition) is 1. The maximum atomic E-state index is 9.29. The van der Waals surface area contributed by atoms with Crippen LogP contribution in [0.5, 0.6) is 0 Å². The summed E-state index contributed by atoms with van der Waals surface area (Å²) in [6.45, 7) is 4.23. The van der Waals surface area contributed by atoms with Crippen molar-refractivity contribution in [2.45, 2.75) is 19.8 Å². The summed E-state index contributed by atoms with van der Waals surface area (Å²) in [6.07, 6.45) is 0. The molecule has 0 heterocycles. The van der Waals surface area contributed by atoms with E-state index in [0.29, 0.717) is 5.92 Å². The molecular weight excluding hydrogens is 150 g/mol. The lowest BCUT2D eigenvalue weighted by Crippen LogP contribution is -2.12. The van der Waals surface area contributed by atoms with Gasteiger partial charge in [0.25, 0.3) is 0 Å². The first-order chi connectivity index (χ1) is 5.63. The lowest BCUT2D eigenvalue weighted by molar-refractivity contribution is 0.278. The molecule has 66 valence electrons. The lowest BCUT2D eigenvalue weighted by Gasteiger charge is -2.17. The summed E-state index contributed by atoms with van der Waals surface area (Å²) in [5.41, 5.74) is 2.05. The summed E-state index contributed by atoms with van der Waals surface area (Å²) < 4.78 is 0. The van der Waals surface area contributed by atoms with E-state index in [1.165, 1.54) is 5.56 Å². The van der Waals surface area contributed by atoms with Crippen molar-refractivity contribution in [1.82, 2.24) is 0 Å². The van der Waals surface area contributed by atoms with Crippen LogP contribution in [0.25, 0.3) is 0 Å². The Morgan fingerprint density at radius 3 is 2.25 bits per heavy atom. The second-order valence-corrected chi connectivity index (χ2v) is 3.24. The molecule has 0 radical (unpaired) electrons. The summed E-state index contributed by atoms with van der Waals surface area (Å²) in [5.74, 6) is 0.441. The molecule has 0 atom stereocenters. The van der Waals surface area contributed by atoms with Crippen LogP contribution in [-0.4, -0.2) is 12.3 Å². The summed E-state index contributed by atoms with van der Waals surface area (Å²) in [7, 11) is 1.64. The van der Waals surface area contributed by atoms with Crippen molar-refractivity contribution in [2.75, 3.05) is 12.1 Å². The Morgan fingerprint density at radius 1 is 1.25 bits per heavy atom. The van der Waals surface area contributed by atoms with Gasteiger partial charge in [-0.05, 0) is 17.5 Å². The number of anilines is 1. The van der Waals surface area contributed by atoms with Gasteiger partial charge in [-0.3, -0.25) is 10.3 Å². The zero-order chi connectivity index (χ0) is 9.14. The monoisotopic (exact) mass is 165 g/mol. The molecule has 0 aromatic heterocycles. The van der Waals surface area contributed by atoms with Crippen molar-refractivity contribution in [3.63, 3.8) is 0 Å². The van der Waals surface area contributed by atoms with Crippen LogP contribution in [-0.2, 0) is 0 Å². The number of nitrogens with zero attached hydrogens (tertiary/aromatic N) is 1. The molecule has 2 nitrogen and oxygen atoms in total. The average molecular weight is 165 g/mol. The average Bonchev–Trinajstić information content (AvgIpc) is 2.04. The Bertz CT molecular complexity index is 229. The molecule has 0 aliphatic carbocycles. The number of hydrogen-bond acceptors (Lipinski definition) is 2. The Labute approximate surface area is 73.4 Å². The SMILES string of the molecule is CC(C)c1ccccc1N(C)O. The number of hydroxylamine groups is 1. The molecular formula is C10H15NO. The molecule has 1 rings (SSSR count). The third kappa shape index (κ3) is 1.77. The minimum atomic E-state index is 0.441. The highest BCUT2D eigenvalue weighted by Gasteiger charge is 2.06. The molecule has 12 heavy (non-hydrogen) atoms. The third-order valence-electron chi connectivity index (χ3n) is 1.91. The van der Waals surface area contributed by atoms with E-state index in [2.05, 4.69) is 13.8 Å². The molecule has 1 N–H and O–H groups in total. The van der Waals surface area contributed by atoms with E-state index in [1.807, 2.05) is 24.3 Å². The largest absolute Gasteiger partial charge is 0.289 e. The molecule has 0 aliphatic rings. The van der Waals surface area contributed by atoms with Gasteiger partial charge in [0.2, 0.25) is 0 Å². The van der Waals surface area contributed by atoms with Crippen LogP contribution in [0.4, 0.5) is 5.69 Å². The summed E-state index contributed by atoms with van der Waals surface area (Å²) >= 11 is 0. The lowest BCUT2D eigenvalue weighted by atomic mass is 10.0. The molecule has 0 bridgehead atoms. The van der Waals surface area contributed by atoms with Gasteiger partial charge in [0.05, 0.1) is 5.69 Å². The Balaban J connectivity index is 3.09. The molecule has 0 aliphatic heterocycles. The Morgan fingerprint density at radius 2 is 1.83 bits per heavy atom. The van der Waals surface area contributed by atoms with Crippen LogP contribution in [0.15, 0.2) is 24.3 Å². The fourth-order valence-electron chi connectivity index (χ4n) is 1.27. The zero-order valence-electron chi connectivity index (χ0n) is 7.78. The predicted octanol–water partition coefficient (Wildman–Crippen LogP) is 2.64. The maximum absolute atomic E-state index is 9.29.